The van der Waals surface area contributed by atoms with E-state index in [1.165, 1.54) is 103 Å². The molecule has 0 aliphatic rings. The first-order valence-corrected chi connectivity index (χ1v) is 46.9. The van der Waals surface area contributed by atoms with Crippen LogP contribution in [-0.2, 0) is 101 Å². The lowest BCUT2D eigenvalue weighted by atomic mass is 9.99. The predicted octanol–water partition coefficient (Wildman–Crippen LogP) is 12.3. The Morgan fingerprint density at radius 1 is 0.184 bits per heavy atom. The smallest absolute Gasteiger partial charge is 0.259 e. The molecule has 0 amide bonds. The third kappa shape index (κ3) is 40.1. The number of unbranched alkanes of at least 4 members (excludes halogenated alkanes) is 10. The zero-order valence-electron chi connectivity index (χ0n) is 81.7. The van der Waals surface area contributed by atoms with Crippen LogP contribution in [0.4, 0.5) is 0 Å². The summed E-state index contributed by atoms with van der Waals surface area (Å²) in [5.41, 5.74) is -2.44. The minimum Gasteiger partial charge on any atom is -0.494 e. The van der Waals surface area contributed by atoms with Crippen molar-refractivity contribution < 1.29 is 114 Å². The molecule has 7 rings (SSSR count). The van der Waals surface area contributed by atoms with E-state index in [4.69, 9.17) is 114 Å². The molecule has 0 aliphatic carbocycles. The molecule has 6 N–H and O–H groups in total. The molecule has 0 fully saturated rings. The molecule has 136 heavy (non-hydrogen) atoms. The van der Waals surface area contributed by atoms with E-state index in [9.17, 15) is 0 Å². The standard InChI is InChI=1S/C100H146N6O30/c1-13-15-17-19-21-23-29-135-87-67-88(136-30-24-22-20-18-16-14-2)80-63-79(87)99(111)105-85-65-83(91(119-9)69-93(85)121-11)103-97(109)77-61-75(71(25-31-123-43-47-131-55-51-127-39-35-113-3)59-73(77)27-33-125-45-49-133-57-53-129-41-37-115-5)95(107)101-81-64-82(90(118-8)68-89(81)117-7)102-96(108)76-62-78(98(110)104-84-66-86(106-100(80)112)94(122-12)70-92(84)120-10)74(28-34-126-46-50-134-58-54-130-42-38-116-6)60-72(76)26-32-124-44-48-132-56-52-128-40-36-114-4/h59-70H,13-58H2,1-12H3,(H,101,107)(H,102,108)(H,103,109)(H,104,110)(H,105,111)(H,106,112). The van der Waals surface area contributed by atoms with Gasteiger partial charge in [-0.1, -0.05) is 90.2 Å². The van der Waals surface area contributed by atoms with Crippen molar-refractivity contribution in [2.75, 3.05) is 269 Å². The average molecular weight is 1910 g/mol. The van der Waals surface area contributed by atoms with E-state index in [1.807, 2.05) is 0 Å². The third-order valence-electron chi connectivity index (χ3n) is 21.5. The van der Waals surface area contributed by atoms with Gasteiger partial charge in [0.15, 0.2) is 0 Å². The number of hydrogen-bond acceptors (Lipinski definition) is 30. The summed E-state index contributed by atoms with van der Waals surface area (Å²) in [4.78, 5) is 113. The minimum absolute atomic E-state index is 0.0150. The Balaban J connectivity index is 1.67. The highest BCUT2D eigenvalue weighted by molar-refractivity contribution is 5.83. The monoisotopic (exact) mass is 1910 g/mol. The number of fused-ring (bicyclic) bond motifs is 12. The Kier molecular flexibility index (Phi) is 56.5. The van der Waals surface area contributed by atoms with Crippen molar-refractivity contribution in [3.05, 3.63) is 157 Å². The largest absolute Gasteiger partial charge is 0.494 e. The molecule has 36 nitrogen and oxygen atoms in total. The summed E-state index contributed by atoms with van der Waals surface area (Å²) in [5, 5.41) is -0.129. The van der Waals surface area contributed by atoms with Gasteiger partial charge in [-0.15, -0.1) is 0 Å². The molecule has 7 aromatic rings. The fourth-order valence-corrected chi connectivity index (χ4v) is 14.2. The number of H-pyrrole nitrogens is 6. The van der Waals surface area contributed by atoms with Crippen molar-refractivity contribution >= 4 is 65.4 Å². The first-order valence-electron chi connectivity index (χ1n) is 46.9. The van der Waals surface area contributed by atoms with E-state index < -0.39 is 33.4 Å². The lowest BCUT2D eigenvalue weighted by Gasteiger charge is -2.12. The SMILES string of the molecule is CCCCCCCCOc1cc(OCCCCCCCC)c2cc1c(=O)[nH]c1cc([nH]c(=O)c3cc(c(CCOCCOCCOCCOC)cc3CCOCCOCCOCCOC)c(=O)[nH]c3cc([nH]c(=O)c4cc(c(CCOCCOCCOCCOC)cc4CCOCCOCCOCCOC)c(=O)[nH]c4cc([nH]c2=O)c(OC)cc4OC)c(OC)cc3OC)c(OC)cc1OC. The Morgan fingerprint density at radius 2 is 0.368 bits per heavy atom. The fraction of sp³-hybridized carbons (Fsp3) is 0.580. The first-order chi connectivity index (χ1) is 66.5. The molecule has 0 radical (unpaired) electrons. The van der Waals surface area contributed by atoms with Crippen molar-refractivity contribution in [2.24, 2.45) is 0 Å². The molecule has 0 saturated heterocycles. The molecule has 0 saturated carbocycles. The molecule has 36 heteroatoms. The summed E-state index contributed by atoms with van der Waals surface area (Å²) in [6.07, 6.45) is 11.7. The van der Waals surface area contributed by atoms with Crippen LogP contribution in [0, 0.1) is 0 Å². The highest BCUT2D eigenvalue weighted by atomic mass is 16.6. The molecule has 756 valence electrons. The summed E-state index contributed by atoms with van der Waals surface area (Å²) >= 11 is 0. The van der Waals surface area contributed by atoms with Crippen molar-refractivity contribution in [3.63, 3.8) is 0 Å². The number of aromatic amines is 6. The van der Waals surface area contributed by atoms with Crippen molar-refractivity contribution in [1.29, 1.82) is 0 Å². The topological polar surface area (TPSA) is 419 Å². The predicted molar refractivity (Wildman–Crippen MR) is 524 cm³/mol. The number of ether oxygens (including phenoxy) is 24. The second kappa shape index (κ2) is 68.0. The van der Waals surface area contributed by atoms with Gasteiger partial charge >= 0.3 is 0 Å². The number of methoxy groups -OCH3 is 10. The molecular weight excluding hydrogens is 1770 g/mol. The zero-order valence-corrected chi connectivity index (χ0v) is 81.7. The van der Waals surface area contributed by atoms with Gasteiger partial charge in [0.2, 0.25) is 0 Å². The van der Waals surface area contributed by atoms with Gasteiger partial charge in [0.1, 0.15) is 46.0 Å². The first kappa shape index (κ1) is 113. The van der Waals surface area contributed by atoms with Gasteiger partial charge in [0.05, 0.1) is 285 Å². The second-order valence-electron chi connectivity index (χ2n) is 31.2. The molecular formula is C100H146N6O30. The lowest BCUT2D eigenvalue weighted by molar-refractivity contribution is 0.00398. The van der Waals surface area contributed by atoms with E-state index in [-0.39, 0.29) is 230 Å². The van der Waals surface area contributed by atoms with Crippen molar-refractivity contribution in [2.45, 2.75) is 117 Å². The maximum absolute atomic E-state index is 15.8. The van der Waals surface area contributed by atoms with Crippen LogP contribution in [0.2, 0.25) is 0 Å². The van der Waals surface area contributed by atoms with Crippen molar-refractivity contribution in [3.8, 4) is 46.0 Å². The Hall–Kier alpha value is -10.1. The summed E-state index contributed by atoms with van der Waals surface area (Å²) in [6.45, 7) is 12.6. The third-order valence-corrected chi connectivity index (χ3v) is 21.5. The van der Waals surface area contributed by atoms with Gasteiger partial charge in [-0.05, 0) is 97.2 Å². The molecule has 0 atom stereocenters. The Morgan fingerprint density at radius 3 is 0.581 bits per heavy atom. The maximum Gasteiger partial charge on any atom is 0.259 e. The van der Waals surface area contributed by atoms with Crippen LogP contribution in [0.25, 0.3) is 65.4 Å². The summed E-state index contributed by atoms with van der Waals surface area (Å²) < 4.78 is 140. The molecule has 0 aliphatic heterocycles. The van der Waals surface area contributed by atoms with E-state index in [0.717, 1.165) is 64.2 Å². The van der Waals surface area contributed by atoms with Crippen molar-refractivity contribution in [1.82, 2.24) is 29.9 Å². The second-order valence-corrected chi connectivity index (χ2v) is 31.2. The molecule has 1 aromatic heterocycles. The van der Waals surface area contributed by atoms with Gasteiger partial charge in [0, 0.05) is 74.2 Å². The fourth-order valence-electron chi connectivity index (χ4n) is 14.2. The highest BCUT2D eigenvalue weighted by Crippen LogP contribution is 2.33. The summed E-state index contributed by atoms with van der Waals surface area (Å²) in [7, 11) is 14.8. The number of benzene rings is 6. The van der Waals surface area contributed by atoms with Gasteiger partial charge in [-0.3, -0.25) is 28.8 Å². The van der Waals surface area contributed by atoms with Crippen LogP contribution < -0.4 is 71.3 Å². The molecule has 0 unspecified atom stereocenters. The average Bonchev–Trinajstić information content (AvgIpc) is 0.790. The highest BCUT2D eigenvalue weighted by Gasteiger charge is 2.19. The number of nitrogens with one attached hydrogen (secondary N) is 6. The quantitative estimate of drug-likeness (QED) is 0.0193. The number of hydrogen-bond donors (Lipinski definition) is 6. The molecule has 12 bridgehead atoms. The maximum atomic E-state index is 15.8. The number of aromatic nitrogens is 6. The van der Waals surface area contributed by atoms with E-state index in [1.54, 1.807) is 40.6 Å². The molecule has 0 spiro atoms. The van der Waals surface area contributed by atoms with Crippen LogP contribution in [0.3, 0.4) is 0 Å². The van der Waals surface area contributed by atoms with E-state index in [0.29, 0.717) is 141 Å². The molecule has 1 heterocycles. The van der Waals surface area contributed by atoms with Crippen LogP contribution >= 0.6 is 0 Å². The molecule has 6 aromatic carbocycles. The van der Waals surface area contributed by atoms with Crippen LogP contribution in [0.1, 0.15) is 113 Å². The van der Waals surface area contributed by atoms with Gasteiger partial charge in [0.25, 0.3) is 33.4 Å². The number of rotatable bonds is 70. The minimum atomic E-state index is -0.772. The van der Waals surface area contributed by atoms with Gasteiger partial charge < -0.3 is 144 Å². The van der Waals surface area contributed by atoms with E-state index in [2.05, 4.69) is 43.8 Å². The normalized spacial score (nSPS) is 11.3. The van der Waals surface area contributed by atoms with Crippen LogP contribution in [-0.4, -0.2) is 299 Å². The Bertz CT molecular complexity index is 4800. The van der Waals surface area contributed by atoms with Gasteiger partial charge in [-0.25, -0.2) is 0 Å². The summed E-state index contributed by atoms with van der Waals surface area (Å²) in [5.74, 6) is 0.770. The van der Waals surface area contributed by atoms with E-state index >= 15 is 28.8 Å². The van der Waals surface area contributed by atoms with Gasteiger partial charge in [-0.2, -0.15) is 0 Å². The summed E-state index contributed by atoms with van der Waals surface area (Å²) in [6, 6.07) is 18.2. The lowest BCUT2D eigenvalue weighted by Crippen LogP contribution is -2.15. The van der Waals surface area contributed by atoms with Crippen LogP contribution in [0.15, 0.2) is 102 Å². The Labute approximate surface area is 794 Å². The van der Waals surface area contributed by atoms with Crippen LogP contribution in [0.5, 0.6) is 46.0 Å². The zero-order chi connectivity index (χ0) is 97.5.